The van der Waals surface area contributed by atoms with E-state index in [-0.39, 0.29) is 0 Å². The molecule has 0 saturated carbocycles. The van der Waals surface area contributed by atoms with Crippen molar-refractivity contribution < 1.29 is 4.57 Å². The number of pyridine rings is 1. The van der Waals surface area contributed by atoms with E-state index in [1.165, 1.54) is 167 Å². The van der Waals surface area contributed by atoms with Gasteiger partial charge in [0.1, 0.15) is 6.54 Å². The van der Waals surface area contributed by atoms with Gasteiger partial charge in [0.05, 0.1) is 0 Å². The minimum atomic E-state index is 1.20. The Morgan fingerprint density at radius 3 is 1.26 bits per heavy atom. The summed E-state index contributed by atoms with van der Waals surface area (Å²) in [5.74, 6) is 0. The summed E-state index contributed by atoms with van der Waals surface area (Å²) in [5.41, 5.74) is 3.30. The second-order valence-electron chi connectivity index (χ2n) is 11.3. The van der Waals surface area contributed by atoms with E-state index in [1.54, 1.807) is 11.1 Å². The molecule has 1 nitrogen and oxygen atoms in total. The first kappa shape index (κ1) is 32.2. The zero-order chi connectivity index (χ0) is 25.2. The van der Waals surface area contributed by atoms with Crippen molar-refractivity contribution in [2.45, 2.75) is 188 Å². The summed E-state index contributed by atoms with van der Waals surface area (Å²) < 4.78 is 2.49. The van der Waals surface area contributed by atoms with Crippen molar-refractivity contribution in [3.8, 4) is 0 Å². The van der Waals surface area contributed by atoms with Crippen LogP contribution in [0, 0.1) is 0 Å². The number of hydrogen-bond acceptors (Lipinski definition) is 0. The molecule has 1 heterocycles. The topological polar surface area (TPSA) is 3.88 Å². The second kappa shape index (κ2) is 24.8. The van der Waals surface area contributed by atoms with Gasteiger partial charge in [-0.15, -0.1) is 0 Å². The zero-order valence-corrected chi connectivity index (χ0v) is 24.6. The van der Waals surface area contributed by atoms with Crippen LogP contribution < -0.4 is 4.57 Å². The monoisotopic (exact) mass is 487 g/mol. The highest BCUT2D eigenvalue weighted by Gasteiger charge is 2.10. The molecule has 0 amide bonds. The van der Waals surface area contributed by atoms with E-state index >= 15 is 0 Å². The first-order chi connectivity index (χ1) is 17.3. The first-order valence-corrected chi connectivity index (χ1v) is 16.3. The number of aromatic nitrogens is 1. The molecule has 0 N–H and O–H groups in total. The molecule has 0 aromatic carbocycles. The van der Waals surface area contributed by atoms with Crippen molar-refractivity contribution in [2.75, 3.05) is 0 Å². The van der Waals surface area contributed by atoms with E-state index in [9.17, 15) is 0 Å². The van der Waals surface area contributed by atoms with E-state index in [0.29, 0.717) is 0 Å². The molecule has 0 radical (unpaired) electrons. The molecule has 0 fully saturated rings. The van der Waals surface area contributed by atoms with E-state index in [1.807, 2.05) is 0 Å². The number of rotatable bonds is 26. The lowest BCUT2D eigenvalue weighted by Gasteiger charge is -2.10. The van der Waals surface area contributed by atoms with Crippen molar-refractivity contribution in [1.82, 2.24) is 0 Å². The third kappa shape index (κ3) is 19.0. The molecule has 0 spiro atoms. The fraction of sp³-hybridized carbons (Fsp3) is 0.853. The molecule has 0 unspecified atom stereocenters. The van der Waals surface area contributed by atoms with Gasteiger partial charge in [0.15, 0.2) is 12.4 Å². The zero-order valence-electron chi connectivity index (χ0n) is 24.6. The molecule has 35 heavy (non-hydrogen) atoms. The molecule has 1 rings (SSSR count). The van der Waals surface area contributed by atoms with Crippen LogP contribution in [0.2, 0.25) is 0 Å². The largest absolute Gasteiger partial charge is 0.205 e. The van der Waals surface area contributed by atoms with Crippen LogP contribution >= 0.6 is 0 Å². The van der Waals surface area contributed by atoms with Gasteiger partial charge < -0.3 is 0 Å². The van der Waals surface area contributed by atoms with E-state index in [0.717, 1.165) is 0 Å². The van der Waals surface area contributed by atoms with Gasteiger partial charge in [-0.2, -0.15) is 0 Å². The highest BCUT2D eigenvalue weighted by molar-refractivity contribution is 5.21. The number of unbranched alkanes of at least 4 members (excludes halogenated alkanes) is 20. The van der Waals surface area contributed by atoms with Crippen molar-refractivity contribution in [3.05, 3.63) is 29.6 Å². The molecule has 0 atom stereocenters. The molecule has 0 bridgehead atoms. The summed E-state index contributed by atoms with van der Waals surface area (Å²) in [6.45, 7) is 8.12. The van der Waals surface area contributed by atoms with Crippen LogP contribution in [-0.4, -0.2) is 0 Å². The molecule has 1 heteroatoms. The lowest BCUT2D eigenvalue weighted by Crippen LogP contribution is -2.33. The predicted octanol–water partition coefficient (Wildman–Crippen LogP) is 11.1. The van der Waals surface area contributed by atoms with Gasteiger partial charge in [0, 0.05) is 18.1 Å². The minimum absolute atomic E-state index is 1.20. The van der Waals surface area contributed by atoms with Gasteiger partial charge in [-0.25, -0.2) is 4.57 Å². The number of hydrogen-bond donors (Lipinski definition) is 0. The van der Waals surface area contributed by atoms with Gasteiger partial charge in [-0.1, -0.05) is 143 Å². The van der Waals surface area contributed by atoms with E-state index in [2.05, 4.69) is 43.8 Å². The normalized spacial score (nSPS) is 11.4. The summed E-state index contributed by atoms with van der Waals surface area (Å²) in [6.07, 6.45) is 39.9. The summed E-state index contributed by atoms with van der Waals surface area (Å²) in [5, 5.41) is 0. The SMILES string of the molecule is CCCCCCCCCCCc1cc[n+](CCCCCCC)cc1CCCCCCCCCCC. The van der Waals surface area contributed by atoms with Gasteiger partial charge in [0.25, 0.3) is 0 Å². The summed E-state index contributed by atoms with van der Waals surface area (Å²) >= 11 is 0. The fourth-order valence-corrected chi connectivity index (χ4v) is 5.38. The standard InChI is InChI=1S/C34H64N/c1-4-7-10-13-15-17-19-21-24-27-33-29-31-35(30-26-23-12-9-6-3)32-34(33)28-25-22-20-18-16-14-11-8-5-2/h29,31-32H,4-28,30H2,1-3H3/q+1. The Hall–Kier alpha value is -0.850. The summed E-state index contributed by atoms with van der Waals surface area (Å²) in [4.78, 5) is 0. The van der Waals surface area contributed by atoms with Crippen LogP contribution in [0.15, 0.2) is 18.5 Å². The molecule has 0 aliphatic carbocycles. The highest BCUT2D eigenvalue weighted by Crippen LogP contribution is 2.17. The van der Waals surface area contributed by atoms with Crippen LogP contribution in [-0.2, 0) is 19.4 Å². The lowest BCUT2D eigenvalue weighted by molar-refractivity contribution is -0.697. The van der Waals surface area contributed by atoms with E-state index in [4.69, 9.17) is 0 Å². The van der Waals surface area contributed by atoms with Gasteiger partial charge >= 0.3 is 0 Å². The lowest BCUT2D eigenvalue weighted by atomic mass is 9.97. The van der Waals surface area contributed by atoms with Crippen LogP contribution in [0.5, 0.6) is 0 Å². The number of aryl methyl sites for hydroxylation is 3. The quantitative estimate of drug-likeness (QED) is 0.0905. The molecule has 0 aliphatic rings. The second-order valence-corrected chi connectivity index (χ2v) is 11.3. The molecule has 204 valence electrons. The maximum Gasteiger partial charge on any atom is 0.172 e. The van der Waals surface area contributed by atoms with Crippen LogP contribution in [0.25, 0.3) is 0 Å². The van der Waals surface area contributed by atoms with E-state index < -0.39 is 0 Å². The maximum atomic E-state index is 2.52. The molecule has 1 aromatic rings. The molecular weight excluding hydrogens is 422 g/mol. The third-order valence-corrected chi connectivity index (χ3v) is 7.82. The Labute approximate surface area is 221 Å². The van der Waals surface area contributed by atoms with Crippen LogP contribution in [0.3, 0.4) is 0 Å². The van der Waals surface area contributed by atoms with Crippen molar-refractivity contribution in [1.29, 1.82) is 0 Å². The van der Waals surface area contributed by atoms with Crippen molar-refractivity contribution in [3.63, 3.8) is 0 Å². The minimum Gasteiger partial charge on any atom is -0.205 e. The Morgan fingerprint density at radius 2 is 0.800 bits per heavy atom. The Balaban J connectivity index is 2.39. The average molecular weight is 487 g/mol. The Bertz CT molecular complexity index is 564. The molecule has 1 aromatic heterocycles. The summed E-state index contributed by atoms with van der Waals surface area (Å²) in [6, 6.07) is 2.47. The van der Waals surface area contributed by atoms with Crippen molar-refractivity contribution in [2.24, 2.45) is 0 Å². The van der Waals surface area contributed by atoms with Crippen molar-refractivity contribution >= 4 is 0 Å². The summed E-state index contributed by atoms with van der Waals surface area (Å²) in [7, 11) is 0. The third-order valence-electron chi connectivity index (χ3n) is 7.82. The molecule has 0 aliphatic heterocycles. The number of nitrogens with zero attached hydrogens (tertiary/aromatic N) is 1. The predicted molar refractivity (Wildman–Crippen MR) is 157 cm³/mol. The fourth-order valence-electron chi connectivity index (χ4n) is 5.38. The molecule has 0 saturated heterocycles. The van der Waals surface area contributed by atoms with Gasteiger partial charge in [0.2, 0.25) is 0 Å². The molecular formula is C34H64N+. The van der Waals surface area contributed by atoms with Crippen LogP contribution in [0.1, 0.15) is 180 Å². The highest BCUT2D eigenvalue weighted by atomic mass is 14.9. The smallest absolute Gasteiger partial charge is 0.172 e. The first-order valence-electron chi connectivity index (χ1n) is 16.3. The Morgan fingerprint density at radius 1 is 0.429 bits per heavy atom. The maximum absolute atomic E-state index is 2.52. The van der Waals surface area contributed by atoms with Gasteiger partial charge in [-0.3, -0.25) is 0 Å². The average Bonchev–Trinajstić information content (AvgIpc) is 2.87. The van der Waals surface area contributed by atoms with Crippen LogP contribution in [0.4, 0.5) is 0 Å². The van der Waals surface area contributed by atoms with Gasteiger partial charge in [-0.05, 0) is 37.7 Å². The Kier molecular flexibility index (Phi) is 22.8.